The van der Waals surface area contributed by atoms with Gasteiger partial charge in [-0.25, -0.2) is 0 Å². The summed E-state index contributed by atoms with van der Waals surface area (Å²) >= 11 is 1.40. The fraction of sp³-hybridized carbons (Fsp3) is 0.348. The average molecular weight is 423 g/mol. The van der Waals surface area contributed by atoms with Crippen molar-refractivity contribution in [1.29, 1.82) is 0 Å². The van der Waals surface area contributed by atoms with Crippen LogP contribution < -0.4 is 5.32 Å². The van der Waals surface area contributed by atoms with E-state index in [0.29, 0.717) is 23.3 Å². The first kappa shape index (κ1) is 20.5. The lowest BCUT2D eigenvalue weighted by atomic mass is 9.97. The van der Waals surface area contributed by atoms with Crippen LogP contribution >= 0.6 is 11.8 Å². The normalized spacial score (nSPS) is 14.9. The fourth-order valence-corrected chi connectivity index (χ4v) is 4.45. The molecule has 0 fully saturated rings. The van der Waals surface area contributed by atoms with Gasteiger partial charge in [0.15, 0.2) is 10.9 Å². The van der Waals surface area contributed by atoms with Gasteiger partial charge in [-0.15, -0.1) is 10.2 Å². The number of nitrogens with one attached hydrogen (secondary N) is 1. The zero-order valence-electron chi connectivity index (χ0n) is 17.1. The molecular weight excluding hydrogens is 396 g/mol. The third-order valence-electron chi connectivity index (χ3n) is 5.17. The first-order chi connectivity index (χ1) is 14.7. The van der Waals surface area contributed by atoms with Crippen molar-refractivity contribution in [1.82, 2.24) is 20.1 Å². The zero-order chi connectivity index (χ0) is 20.8. The number of thioether (sulfide) groups is 1. The fourth-order valence-electron chi connectivity index (χ4n) is 3.55. The van der Waals surface area contributed by atoms with E-state index in [1.165, 1.54) is 36.6 Å². The van der Waals surface area contributed by atoms with Crippen molar-refractivity contribution in [3.05, 3.63) is 60.4 Å². The summed E-state index contributed by atoms with van der Waals surface area (Å²) in [7, 11) is 0. The molecule has 7 heteroatoms. The second-order valence-electron chi connectivity index (χ2n) is 7.36. The lowest BCUT2D eigenvalue weighted by Crippen LogP contribution is -2.32. The van der Waals surface area contributed by atoms with Crippen LogP contribution in [0.3, 0.4) is 0 Å². The number of para-hydroxylation sites is 1. The van der Waals surface area contributed by atoms with Gasteiger partial charge in [0.25, 0.3) is 0 Å². The zero-order valence-corrected chi connectivity index (χ0v) is 17.9. The summed E-state index contributed by atoms with van der Waals surface area (Å²) in [6.07, 6.45) is 9.76. The van der Waals surface area contributed by atoms with E-state index in [9.17, 15) is 4.79 Å². The van der Waals surface area contributed by atoms with Crippen LogP contribution in [0.2, 0.25) is 0 Å². The molecule has 2 heterocycles. The Morgan fingerprint density at radius 1 is 1.20 bits per heavy atom. The molecule has 156 valence electrons. The summed E-state index contributed by atoms with van der Waals surface area (Å²) in [5.74, 6) is 1.26. The van der Waals surface area contributed by atoms with Crippen LogP contribution in [0.15, 0.2) is 70.0 Å². The molecule has 0 bridgehead atoms. The Labute approximate surface area is 180 Å². The molecule has 1 aliphatic rings. The molecule has 6 nitrogen and oxygen atoms in total. The Kier molecular flexibility index (Phi) is 6.69. The van der Waals surface area contributed by atoms with Gasteiger partial charge in [-0.2, -0.15) is 0 Å². The number of hydrogen-bond acceptors (Lipinski definition) is 5. The summed E-state index contributed by atoms with van der Waals surface area (Å²) in [5.41, 5.74) is 2.39. The maximum atomic E-state index is 12.6. The summed E-state index contributed by atoms with van der Waals surface area (Å²) in [4.78, 5) is 12.6. The molecule has 4 rings (SSSR count). The summed E-state index contributed by atoms with van der Waals surface area (Å²) in [6, 6.07) is 13.5. The summed E-state index contributed by atoms with van der Waals surface area (Å²) < 4.78 is 7.47. The average Bonchev–Trinajstić information content (AvgIpc) is 3.45. The Bertz CT molecular complexity index is 996. The van der Waals surface area contributed by atoms with Crippen molar-refractivity contribution in [2.75, 3.05) is 6.54 Å². The van der Waals surface area contributed by atoms with Crippen LogP contribution in [0.1, 0.15) is 39.0 Å². The lowest BCUT2D eigenvalue weighted by Gasteiger charge is -2.15. The van der Waals surface area contributed by atoms with Gasteiger partial charge >= 0.3 is 0 Å². The molecule has 0 saturated heterocycles. The largest absolute Gasteiger partial charge is 0.461 e. The monoisotopic (exact) mass is 422 g/mol. The highest BCUT2D eigenvalue weighted by molar-refractivity contribution is 8.00. The standard InChI is InChI=1S/C23H26N4O2S/c1-17(22(28)24-15-14-18-9-4-2-5-10-18)30-23-26-25-21(20-13-8-16-29-20)27(23)19-11-6-3-7-12-19/h3,6-9,11-13,16-17H,2,4-5,10,14-15H2,1H3,(H,24,28)/t17-/m0/s1. The van der Waals surface area contributed by atoms with Crippen molar-refractivity contribution in [2.24, 2.45) is 0 Å². The van der Waals surface area contributed by atoms with E-state index in [1.54, 1.807) is 6.26 Å². The third kappa shape index (κ3) is 4.84. The Morgan fingerprint density at radius 2 is 2.07 bits per heavy atom. The van der Waals surface area contributed by atoms with Crippen molar-refractivity contribution in [3.8, 4) is 17.3 Å². The number of furan rings is 1. The highest BCUT2D eigenvalue weighted by atomic mass is 32.2. The Morgan fingerprint density at radius 3 is 2.80 bits per heavy atom. The summed E-state index contributed by atoms with van der Waals surface area (Å²) in [6.45, 7) is 2.58. The molecule has 1 aromatic carbocycles. The van der Waals surface area contributed by atoms with E-state index in [1.807, 2.05) is 54.0 Å². The minimum absolute atomic E-state index is 0.0126. The number of carbonyl (C=O) groups excluding carboxylic acids is 1. The van der Waals surface area contributed by atoms with Crippen molar-refractivity contribution in [2.45, 2.75) is 49.4 Å². The van der Waals surface area contributed by atoms with Gasteiger partial charge in [0.2, 0.25) is 11.7 Å². The molecule has 3 aromatic rings. The van der Waals surface area contributed by atoms with Crippen LogP contribution in [0.5, 0.6) is 0 Å². The lowest BCUT2D eigenvalue weighted by molar-refractivity contribution is -0.120. The van der Waals surface area contributed by atoms with Gasteiger partial charge in [0.1, 0.15) is 0 Å². The molecule has 1 atom stereocenters. The topological polar surface area (TPSA) is 73.0 Å². The number of aromatic nitrogens is 3. The quantitative estimate of drug-likeness (QED) is 0.408. The minimum Gasteiger partial charge on any atom is -0.461 e. The molecule has 0 unspecified atom stereocenters. The second kappa shape index (κ2) is 9.80. The van der Waals surface area contributed by atoms with Crippen molar-refractivity contribution in [3.63, 3.8) is 0 Å². The van der Waals surface area contributed by atoms with E-state index < -0.39 is 0 Å². The number of hydrogen-bond donors (Lipinski definition) is 1. The van der Waals surface area contributed by atoms with E-state index in [4.69, 9.17) is 4.42 Å². The number of nitrogens with zero attached hydrogens (tertiary/aromatic N) is 3. The molecular formula is C23H26N4O2S. The second-order valence-corrected chi connectivity index (χ2v) is 8.67. The van der Waals surface area contributed by atoms with Crippen LogP contribution in [-0.2, 0) is 4.79 Å². The molecule has 0 radical (unpaired) electrons. The number of carbonyl (C=O) groups is 1. The van der Waals surface area contributed by atoms with Crippen LogP contribution in [0, 0.1) is 0 Å². The van der Waals surface area contributed by atoms with Gasteiger partial charge in [0, 0.05) is 12.2 Å². The van der Waals surface area contributed by atoms with Crippen LogP contribution in [-0.4, -0.2) is 32.5 Å². The summed E-state index contributed by atoms with van der Waals surface area (Å²) in [5, 5.41) is 12.1. The predicted octanol–water partition coefficient (Wildman–Crippen LogP) is 5.01. The highest BCUT2D eigenvalue weighted by Crippen LogP contribution is 2.30. The SMILES string of the molecule is C[C@H](Sc1nnc(-c2ccco2)n1-c1ccccc1)C(=O)NCCC1=CCCCC1. The Balaban J connectivity index is 1.46. The smallest absolute Gasteiger partial charge is 0.233 e. The van der Waals surface area contributed by atoms with Crippen molar-refractivity contribution < 1.29 is 9.21 Å². The number of allylic oxidation sites excluding steroid dienone is 1. The van der Waals surface area contributed by atoms with Gasteiger partial charge < -0.3 is 9.73 Å². The van der Waals surface area contributed by atoms with E-state index in [0.717, 1.165) is 18.5 Å². The first-order valence-corrected chi connectivity index (χ1v) is 11.3. The van der Waals surface area contributed by atoms with Crippen molar-refractivity contribution >= 4 is 17.7 Å². The van der Waals surface area contributed by atoms with Gasteiger partial charge in [-0.05, 0) is 63.3 Å². The maximum absolute atomic E-state index is 12.6. The first-order valence-electron chi connectivity index (χ1n) is 10.4. The molecule has 1 aliphatic carbocycles. The highest BCUT2D eigenvalue weighted by Gasteiger charge is 2.22. The van der Waals surface area contributed by atoms with E-state index in [2.05, 4.69) is 21.6 Å². The molecule has 2 aromatic heterocycles. The number of amides is 1. The van der Waals surface area contributed by atoms with Gasteiger partial charge in [-0.3, -0.25) is 9.36 Å². The molecule has 0 spiro atoms. The third-order valence-corrected chi connectivity index (χ3v) is 6.21. The predicted molar refractivity (Wildman–Crippen MR) is 119 cm³/mol. The van der Waals surface area contributed by atoms with Gasteiger partial charge in [0.05, 0.1) is 11.5 Å². The molecule has 0 saturated carbocycles. The molecule has 1 amide bonds. The van der Waals surface area contributed by atoms with Crippen LogP contribution in [0.4, 0.5) is 0 Å². The molecule has 1 N–H and O–H groups in total. The number of rotatable bonds is 8. The molecule has 0 aliphatic heterocycles. The Hall–Kier alpha value is -2.80. The minimum atomic E-state index is -0.290. The molecule has 30 heavy (non-hydrogen) atoms. The van der Waals surface area contributed by atoms with E-state index >= 15 is 0 Å². The van der Waals surface area contributed by atoms with Gasteiger partial charge in [-0.1, -0.05) is 41.6 Å². The number of benzene rings is 1. The van der Waals surface area contributed by atoms with Crippen LogP contribution in [0.25, 0.3) is 17.3 Å². The maximum Gasteiger partial charge on any atom is 0.233 e. The van der Waals surface area contributed by atoms with E-state index in [-0.39, 0.29) is 11.2 Å².